The molecule has 8 heteroatoms. The third-order valence-electron chi connectivity index (χ3n) is 2.96. The third kappa shape index (κ3) is 3.27. The highest BCUT2D eigenvalue weighted by Crippen LogP contribution is 2.25. The second kappa shape index (κ2) is 6.49. The quantitative estimate of drug-likeness (QED) is 0.421. The van der Waals surface area contributed by atoms with Gasteiger partial charge in [-0.05, 0) is 24.6 Å². The molecular formula is C13H17N5O2S. The van der Waals surface area contributed by atoms with E-state index in [4.69, 9.17) is 15.9 Å². The van der Waals surface area contributed by atoms with Gasteiger partial charge in [-0.3, -0.25) is 9.98 Å². The molecular weight excluding hydrogens is 290 g/mol. The maximum atomic E-state index is 11.5. The van der Waals surface area contributed by atoms with Gasteiger partial charge in [0.25, 0.3) is 0 Å². The molecule has 0 spiro atoms. The number of thioether (sulfide) groups is 1. The van der Waals surface area contributed by atoms with Crippen LogP contribution in [0.2, 0.25) is 0 Å². The molecule has 0 saturated heterocycles. The molecule has 112 valence electrons. The summed E-state index contributed by atoms with van der Waals surface area (Å²) in [5.41, 5.74) is 6.85. The van der Waals surface area contributed by atoms with Crippen LogP contribution in [-0.4, -0.2) is 27.7 Å². The molecule has 1 heterocycles. The van der Waals surface area contributed by atoms with Gasteiger partial charge >= 0.3 is 5.69 Å². The van der Waals surface area contributed by atoms with E-state index in [1.807, 2.05) is 19.1 Å². The topological polar surface area (TPSA) is 110 Å². The highest BCUT2D eigenvalue weighted by Gasteiger charge is 2.10. The summed E-state index contributed by atoms with van der Waals surface area (Å²) in [6, 6.07) is 5.48. The lowest BCUT2D eigenvalue weighted by Crippen LogP contribution is -2.16. The first-order valence-corrected chi connectivity index (χ1v) is 7.34. The number of methoxy groups -OCH3 is 1. The number of nitrogens with two attached hydrogens (primary N) is 1. The number of nitrogen functional groups attached to an aromatic ring is 1. The normalized spacial score (nSPS) is 10.6. The first kappa shape index (κ1) is 15.2. The Balaban J connectivity index is 2.17. The minimum Gasteiger partial charge on any atom is -0.496 e. The number of ether oxygens (including phenoxy) is 1. The van der Waals surface area contributed by atoms with Gasteiger partial charge in [-0.2, -0.15) is 0 Å². The fraction of sp³-hybridized carbons (Fsp3) is 0.308. The number of H-pyrrole nitrogens is 1. The van der Waals surface area contributed by atoms with E-state index in [2.05, 4.69) is 10.2 Å². The zero-order valence-corrected chi connectivity index (χ0v) is 12.7. The molecule has 1 aromatic carbocycles. The Morgan fingerprint density at radius 2 is 2.33 bits per heavy atom. The summed E-state index contributed by atoms with van der Waals surface area (Å²) in [6.07, 6.45) is 0. The Morgan fingerprint density at radius 1 is 1.57 bits per heavy atom. The SMILES string of the molecule is CCn1c(SCc2ccc(C(=N)N)c(OC)c2)n[nH]c1=O. The molecule has 0 amide bonds. The average Bonchev–Trinajstić information content (AvgIpc) is 2.84. The highest BCUT2D eigenvalue weighted by atomic mass is 32.2. The summed E-state index contributed by atoms with van der Waals surface area (Å²) in [7, 11) is 1.54. The molecule has 4 N–H and O–H groups in total. The van der Waals surface area contributed by atoms with E-state index in [0.29, 0.717) is 28.8 Å². The number of aromatic nitrogens is 3. The lowest BCUT2D eigenvalue weighted by atomic mass is 10.1. The second-order valence-corrected chi connectivity index (χ2v) is 5.24. The fourth-order valence-corrected chi connectivity index (χ4v) is 2.84. The van der Waals surface area contributed by atoms with Gasteiger partial charge in [0.1, 0.15) is 11.6 Å². The van der Waals surface area contributed by atoms with Gasteiger partial charge in [-0.25, -0.2) is 9.89 Å². The monoisotopic (exact) mass is 307 g/mol. The van der Waals surface area contributed by atoms with Crippen LogP contribution in [0.15, 0.2) is 28.2 Å². The predicted molar refractivity (Wildman–Crippen MR) is 82.1 cm³/mol. The molecule has 0 aliphatic rings. The van der Waals surface area contributed by atoms with E-state index in [0.717, 1.165) is 5.56 Å². The van der Waals surface area contributed by atoms with E-state index in [1.54, 1.807) is 17.7 Å². The molecule has 2 aromatic rings. The standard InChI is InChI=1S/C13H17N5O2S/c1-3-18-12(19)16-17-13(18)21-7-8-4-5-9(11(14)15)10(6-8)20-2/h4-6H,3,7H2,1-2H3,(H3,14,15)(H,16,19). The van der Waals surface area contributed by atoms with Gasteiger partial charge in [0.2, 0.25) is 0 Å². The molecule has 0 aliphatic heterocycles. The molecule has 21 heavy (non-hydrogen) atoms. The molecule has 1 aromatic heterocycles. The number of benzene rings is 1. The molecule has 0 atom stereocenters. The van der Waals surface area contributed by atoms with Gasteiger partial charge in [-0.15, -0.1) is 5.10 Å². The number of nitrogens with one attached hydrogen (secondary N) is 2. The van der Waals surface area contributed by atoms with Crippen LogP contribution in [-0.2, 0) is 12.3 Å². The predicted octanol–water partition coefficient (Wildman–Crippen LogP) is 1.18. The van der Waals surface area contributed by atoms with Crippen LogP contribution >= 0.6 is 11.8 Å². The lowest BCUT2D eigenvalue weighted by Gasteiger charge is -2.09. The maximum Gasteiger partial charge on any atom is 0.343 e. The van der Waals surface area contributed by atoms with Gasteiger partial charge in [0.05, 0.1) is 12.7 Å². The number of hydrogen-bond acceptors (Lipinski definition) is 5. The van der Waals surface area contributed by atoms with Crippen molar-refractivity contribution in [2.45, 2.75) is 24.4 Å². The fourth-order valence-electron chi connectivity index (χ4n) is 1.89. The van der Waals surface area contributed by atoms with Gasteiger partial charge in [0, 0.05) is 12.3 Å². The molecule has 0 saturated carbocycles. The first-order valence-electron chi connectivity index (χ1n) is 6.36. The van der Waals surface area contributed by atoms with Crippen LogP contribution < -0.4 is 16.2 Å². The zero-order valence-electron chi connectivity index (χ0n) is 11.8. The lowest BCUT2D eigenvalue weighted by molar-refractivity contribution is 0.413. The molecule has 0 unspecified atom stereocenters. The summed E-state index contributed by atoms with van der Waals surface area (Å²) in [4.78, 5) is 11.5. The van der Waals surface area contributed by atoms with Gasteiger partial charge in [-0.1, -0.05) is 17.8 Å². The third-order valence-corrected chi connectivity index (χ3v) is 4.01. The van der Waals surface area contributed by atoms with E-state index in [1.165, 1.54) is 11.8 Å². The maximum absolute atomic E-state index is 11.5. The van der Waals surface area contributed by atoms with E-state index < -0.39 is 0 Å². The first-order chi connectivity index (χ1) is 10.1. The van der Waals surface area contributed by atoms with Gasteiger partial charge < -0.3 is 10.5 Å². The smallest absolute Gasteiger partial charge is 0.343 e. The number of aromatic amines is 1. The van der Waals surface area contributed by atoms with E-state index in [-0.39, 0.29) is 11.5 Å². The van der Waals surface area contributed by atoms with Crippen molar-refractivity contribution in [2.24, 2.45) is 5.73 Å². The van der Waals surface area contributed by atoms with Crippen molar-refractivity contribution in [3.05, 3.63) is 39.8 Å². The Hall–Kier alpha value is -2.22. The number of nitrogens with zero attached hydrogens (tertiary/aromatic N) is 2. The molecule has 0 radical (unpaired) electrons. The summed E-state index contributed by atoms with van der Waals surface area (Å²) in [6.45, 7) is 2.47. The Morgan fingerprint density at radius 3 is 2.95 bits per heavy atom. The Bertz CT molecular complexity index is 707. The minimum atomic E-state index is -0.204. The minimum absolute atomic E-state index is 0.0295. The van der Waals surface area contributed by atoms with Crippen molar-refractivity contribution in [1.29, 1.82) is 5.41 Å². The summed E-state index contributed by atoms with van der Waals surface area (Å²) >= 11 is 1.46. The number of amidine groups is 1. The van der Waals surface area contributed by atoms with Crippen LogP contribution in [0.1, 0.15) is 18.1 Å². The van der Waals surface area contributed by atoms with Crippen molar-refractivity contribution >= 4 is 17.6 Å². The van der Waals surface area contributed by atoms with Crippen molar-refractivity contribution in [3.8, 4) is 5.75 Å². The highest BCUT2D eigenvalue weighted by molar-refractivity contribution is 7.98. The van der Waals surface area contributed by atoms with E-state index >= 15 is 0 Å². The van der Waals surface area contributed by atoms with Crippen LogP contribution in [0, 0.1) is 5.41 Å². The largest absolute Gasteiger partial charge is 0.496 e. The molecule has 0 fully saturated rings. The molecule has 0 aliphatic carbocycles. The average molecular weight is 307 g/mol. The summed E-state index contributed by atoms with van der Waals surface area (Å²) in [5.74, 6) is 1.17. The van der Waals surface area contributed by atoms with Crippen LogP contribution in [0.4, 0.5) is 0 Å². The van der Waals surface area contributed by atoms with E-state index in [9.17, 15) is 4.79 Å². The van der Waals surface area contributed by atoms with Gasteiger partial charge in [0.15, 0.2) is 5.16 Å². The molecule has 7 nitrogen and oxygen atoms in total. The zero-order chi connectivity index (χ0) is 15.4. The van der Waals surface area contributed by atoms with Crippen molar-refractivity contribution in [2.75, 3.05) is 7.11 Å². The second-order valence-electron chi connectivity index (χ2n) is 4.29. The summed E-state index contributed by atoms with van der Waals surface area (Å²) < 4.78 is 6.82. The number of hydrogen-bond donors (Lipinski definition) is 3. The number of rotatable bonds is 6. The van der Waals surface area contributed by atoms with Crippen LogP contribution in [0.3, 0.4) is 0 Å². The van der Waals surface area contributed by atoms with Crippen molar-refractivity contribution < 1.29 is 4.74 Å². The Labute approximate surface area is 126 Å². The van der Waals surface area contributed by atoms with Crippen LogP contribution in [0.25, 0.3) is 0 Å². The summed E-state index contributed by atoms with van der Waals surface area (Å²) in [5, 5.41) is 14.6. The molecule has 2 rings (SSSR count). The van der Waals surface area contributed by atoms with Crippen LogP contribution in [0.5, 0.6) is 5.75 Å². The van der Waals surface area contributed by atoms with Crippen molar-refractivity contribution in [1.82, 2.24) is 14.8 Å². The Kier molecular flexibility index (Phi) is 4.69. The van der Waals surface area contributed by atoms with Crippen molar-refractivity contribution in [3.63, 3.8) is 0 Å². The molecule has 0 bridgehead atoms.